The number of hydrogen-bond acceptors (Lipinski definition) is 4. The van der Waals surface area contributed by atoms with Gasteiger partial charge >= 0.3 is 0 Å². The number of nitrogens with zero attached hydrogens (tertiary/aromatic N) is 3. The highest BCUT2D eigenvalue weighted by molar-refractivity contribution is 5.79. The quantitative estimate of drug-likeness (QED) is 0.647. The Labute approximate surface area is 208 Å². The van der Waals surface area contributed by atoms with E-state index < -0.39 is 6.04 Å². The summed E-state index contributed by atoms with van der Waals surface area (Å²) in [6.07, 6.45) is 2.52. The molecular formula is C28H38F2N4O. The van der Waals surface area contributed by atoms with Crippen molar-refractivity contribution in [2.24, 2.45) is 5.92 Å². The number of halogens is 2. The molecule has 0 spiro atoms. The lowest BCUT2D eigenvalue weighted by Gasteiger charge is -2.45. The van der Waals surface area contributed by atoms with Crippen LogP contribution in [0.25, 0.3) is 0 Å². The van der Waals surface area contributed by atoms with Gasteiger partial charge in [0.1, 0.15) is 11.6 Å². The number of piperidine rings is 1. The summed E-state index contributed by atoms with van der Waals surface area (Å²) in [5.41, 5.74) is 1.52. The van der Waals surface area contributed by atoms with Gasteiger partial charge in [0.2, 0.25) is 5.91 Å². The Bertz CT molecular complexity index is 902. The lowest BCUT2D eigenvalue weighted by molar-refractivity contribution is -0.125. The van der Waals surface area contributed by atoms with Gasteiger partial charge in [-0.3, -0.25) is 14.6 Å². The monoisotopic (exact) mass is 484 g/mol. The van der Waals surface area contributed by atoms with E-state index in [0.29, 0.717) is 6.54 Å². The fourth-order valence-electron chi connectivity index (χ4n) is 5.58. The Morgan fingerprint density at radius 2 is 1.40 bits per heavy atom. The van der Waals surface area contributed by atoms with Crippen molar-refractivity contribution in [1.82, 2.24) is 20.0 Å². The highest BCUT2D eigenvalue weighted by Gasteiger charge is 2.32. The first-order valence-corrected chi connectivity index (χ1v) is 12.8. The number of nitrogens with one attached hydrogen (secondary N) is 1. The van der Waals surface area contributed by atoms with E-state index >= 15 is 0 Å². The zero-order valence-corrected chi connectivity index (χ0v) is 21.1. The lowest BCUT2D eigenvalue weighted by atomic mass is 9.95. The van der Waals surface area contributed by atoms with E-state index in [9.17, 15) is 13.6 Å². The summed E-state index contributed by atoms with van der Waals surface area (Å²) < 4.78 is 27.0. The van der Waals surface area contributed by atoms with Crippen LogP contribution in [0.4, 0.5) is 8.78 Å². The van der Waals surface area contributed by atoms with E-state index in [1.807, 2.05) is 0 Å². The van der Waals surface area contributed by atoms with Crippen LogP contribution in [0, 0.1) is 17.6 Å². The van der Waals surface area contributed by atoms with Crippen LogP contribution in [-0.2, 0) is 4.79 Å². The topological polar surface area (TPSA) is 38.8 Å². The minimum absolute atomic E-state index is 0.0916. The van der Waals surface area contributed by atoms with Crippen LogP contribution < -0.4 is 5.32 Å². The summed E-state index contributed by atoms with van der Waals surface area (Å²) in [5, 5.41) is 3.11. The molecule has 0 bridgehead atoms. The maximum atomic E-state index is 13.5. The summed E-state index contributed by atoms with van der Waals surface area (Å²) in [5.74, 6) is -0.00357. The number of carbonyl (C=O) groups is 1. The SMILES string of the molecule is CC1CN(CC2CCN(C)CC2)CC(C)N1CC(=O)NC(c1ccc(F)cc1)c1ccc(F)cc1. The van der Waals surface area contributed by atoms with Crippen molar-refractivity contribution in [2.75, 3.05) is 46.3 Å². The van der Waals surface area contributed by atoms with E-state index in [2.05, 4.69) is 40.9 Å². The molecule has 2 saturated heterocycles. The van der Waals surface area contributed by atoms with Crippen molar-refractivity contribution in [3.05, 3.63) is 71.3 Å². The minimum atomic E-state index is -0.472. The molecule has 0 radical (unpaired) electrons. The minimum Gasteiger partial charge on any atom is -0.344 e. The first-order valence-electron chi connectivity index (χ1n) is 12.8. The maximum Gasteiger partial charge on any atom is 0.234 e. The maximum absolute atomic E-state index is 13.5. The van der Waals surface area contributed by atoms with Gasteiger partial charge in [-0.05, 0) is 88.1 Å². The molecule has 1 amide bonds. The summed E-state index contributed by atoms with van der Waals surface area (Å²) in [7, 11) is 2.20. The average molecular weight is 485 g/mol. The molecule has 190 valence electrons. The third-order valence-corrected chi connectivity index (χ3v) is 7.57. The van der Waals surface area contributed by atoms with Gasteiger partial charge in [0.15, 0.2) is 0 Å². The van der Waals surface area contributed by atoms with Crippen LogP contribution in [-0.4, -0.2) is 79.0 Å². The average Bonchev–Trinajstić information content (AvgIpc) is 2.83. The van der Waals surface area contributed by atoms with Crippen LogP contribution in [0.15, 0.2) is 48.5 Å². The van der Waals surface area contributed by atoms with Crippen LogP contribution in [0.2, 0.25) is 0 Å². The van der Waals surface area contributed by atoms with Gasteiger partial charge in [0, 0.05) is 31.7 Å². The van der Waals surface area contributed by atoms with Crippen molar-refractivity contribution in [3.63, 3.8) is 0 Å². The summed E-state index contributed by atoms with van der Waals surface area (Å²) in [6, 6.07) is 12.2. The second-order valence-electron chi connectivity index (χ2n) is 10.4. The van der Waals surface area contributed by atoms with Gasteiger partial charge in [-0.1, -0.05) is 24.3 Å². The molecule has 2 atom stereocenters. The molecule has 2 aromatic carbocycles. The van der Waals surface area contributed by atoms with Crippen LogP contribution in [0.3, 0.4) is 0 Å². The molecule has 0 aliphatic carbocycles. The first-order chi connectivity index (χ1) is 16.8. The predicted octanol–water partition coefficient (Wildman–Crippen LogP) is 3.91. The molecule has 0 saturated carbocycles. The third kappa shape index (κ3) is 6.87. The van der Waals surface area contributed by atoms with Gasteiger partial charge in [-0.25, -0.2) is 8.78 Å². The number of amides is 1. The standard InChI is InChI=1S/C28H38F2N4O/c1-20-16-33(18-22-12-14-32(3)15-13-22)17-21(2)34(20)19-27(35)31-28(23-4-8-25(29)9-5-23)24-6-10-26(30)11-7-24/h4-11,20-22,28H,12-19H2,1-3H3,(H,31,35). The van der Waals surface area contributed by atoms with E-state index in [1.165, 1.54) is 50.2 Å². The Kier molecular flexibility index (Phi) is 8.52. The Balaban J connectivity index is 1.38. The van der Waals surface area contributed by atoms with Crippen molar-refractivity contribution in [2.45, 2.75) is 44.8 Å². The number of carbonyl (C=O) groups excluding carboxylic acids is 1. The van der Waals surface area contributed by atoms with Crippen molar-refractivity contribution < 1.29 is 13.6 Å². The first kappa shape index (κ1) is 25.7. The van der Waals surface area contributed by atoms with Crippen LogP contribution in [0.5, 0.6) is 0 Å². The summed E-state index contributed by atoms with van der Waals surface area (Å²) in [4.78, 5) is 20.4. The molecule has 2 unspecified atom stereocenters. The van der Waals surface area contributed by atoms with Crippen molar-refractivity contribution >= 4 is 5.91 Å². The van der Waals surface area contributed by atoms with Crippen molar-refractivity contribution in [1.29, 1.82) is 0 Å². The third-order valence-electron chi connectivity index (χ3n) is 7.57. The molecule has 5 nitrogen and oxygen atoms in total. The molecule has 2 heterocycles. The zero-order valence-electron chi connectivity index (χ0n) is 21.1. The van der Waals surface area contributed by atoms with E-state index in [4.69, 9.17) is 0 Å². The highest BCUT2D eigenvalue weighted by Crippen LogP contribution is 2.24. The summed E-state index contributed by atoms with van der Waals surface area (Å²) >= 11 is 0. The van der Waals surface area contributed by atoms with E-state index in [1.54, 1.807) is 24.3 Å². The molecule has 2 fully saturated rings. The molecular weight excluding hydrogens is 446 g/mol. The smallest absolute Gasteiger partial charge is 0.234 e. The van der Waals surface area contributed by atoms with Gasteiger partial charge in [0.25, 0.3) is 0 Å². The van der Waals surface area contributed by atoms with E-state index in [-0.39, 0.29) is 29.6 Å². The number of piperazine rings is 1. The molecule has 1 N–H and O–H groups in total. The largest absolute Gasteiger partial charge is 0.344 e. The molecule has 7 heteroatoms. The molecule has 35 heavy (non-hydrogen) atoms. The molecule has 2 aromatic rings. The van der Waals surface area contributed by atoms with Crippen LogP contribution >= 0.6 is 0 Å². The Morgan fingerprint density at radius 1 is 0.914 bits per heavy atom. The van der Waals surface area contributed by atoms with Gasteiger partial charge < -0.3 is 10.2 Å². The lowest BCUT2D eigenvalue weighted by Crippen LogP contribution is -2.59. The number of rotatable bonds is 7. The molecule has 0 aromatic heterocycles. The number of hydrogen-bond donors (Lipinski definition) is 1. The fraction of sp³-hybridized carbons (Fsp3) is 0.536. The Hall–Kier alpha value is -2.35. The van der Waals surface area contributed by atoms with Crippen LogP contribution in [0.1, 0.15) is 43.9 Å². The van der Waals surface area contributed by atoms with Gasteiger partial charge in [0.05, 0.1) is 12.6 Å². The molecule has 4 rings (SSSR count). The summed E-state index contributed by atoms with van der Waals surface area (Å²) in [6.45, 7) is 10.1. The highest BCUT2D eigenvalue weighted by atomic mass is 19.1. The fourth-order valence-corrected chi connectivity index (χ4v) is 5.58. The normalized spacial score (nSPS) is 23.0. The van der Waals surface area contributed by atoms with Crippen molar-refractivity contribution in [3.8, 4) is 0 Å². The molecule has 2 aliphatic rings. The second kappa shape index (κ2) is 11.6. The second-order valence-corrected chi connectivity index (χ2v) is 10.4. The van der Waals surface area contributed by atoms with E-state index in [0.717, 1.165) is 36.7 Å². The number of benzene rings is 2. The Morgan fingerprint density at radius 3 is 1.89 bits per heavy atom. The molecule has 2 aliphatic heterocycles. The van der Waals surface area contributed by atoms with Gasteiger partial charge in [-0.2, -0.15) is 0 Å². The predicted molar refractivity (Wildman–Crippen MR) is 135 cm³/mol. The van der Waals surface area contributed by atoms with Gasteiger partial charge in [-0.15, -0.1) is 0 Å². The number of likely N-dealkylation sites (tertiary alicyclic amines) is 1. The zero-order chi connectivity index (χ0) is 24.9.